The topological polar surface area (TPSA) is 29.5 Å². The Labute approximate surface area is 74.9 Å². The lowest BCUT2D eigenvalue weighted by atomic mass is 9.81. The van der Waals surface area contributed by atoms with Crippen LogP contribution in [0.25, 0.3) is 0 Å². The molecule has 0 saturated heterocycles. The Morgan fingerprint density at radius 3 is 2.33 bits per heavy atom. The molecule has 0 aromatic carbocycles. The van der Waals surface area contributed by atoms with E-state index in [4.69, 9.17) is 4.74 Å². The van der Waals surface area contributed by atoms with E-state index in [1.165, 1.54) is 19.3 Å². The fourth-order valence-corrected chi connectivity index (χ4v) is 2.12. The number of hydrogen-bond acceptors (Lipinski definition) is 2. The number of rotatable bonds is 3. The van der Waals surface area contributed by atoms with Gasteiger partial charge in [-0.3, -0.25) is 0 Å². The Bertz CT molecular complexity index is 120. The molecule has 0 amide bonds. The van der Waals surface area contributed by atoms with Gasteiger partial charge in [-0.25, -0.2) is 0 Å². The Kier molecular flexibility index (Phi) is 3.53. The molecule has 1 rings (SSSR count). The van der Waals surface area contributed by atoms with Crippen LogP contribution in [0, 0.1) is 0 Å². The van der Waals surface area contributed by atoms with Gasteiger partial charge in [0.15, 0.2) is 0 Å². The maximum absolute atomic E-state index is 9.63. The molecule has 12 heavy (non-hydrogen) atoms. The Morgan fingerprint density at radius 1 is 1.33 bits per heavy atom. The molecular weight excluding hydrogens is 152 g/mol. The van der Waals surface area contributed by atoms with Crippen molar-refractivity contribution in [2.75, 3.05) is 6.61 Å². The largest absolute Gasteiger partial charge is 0.390 e. The second-order valence-corrected chi connectivity index (χ2v) is 3.73. The van der Waals surface area contributed by atoms with Crippen molar-refractivity contribution < 1.29 is 9.84 Å². The predicted octanol–water partition coefficient (Wildman–Crippen LogP) is 2.11. The smallest absolute Gasteiger partial charge is 0.0937 e. The first kappa shape index (κ1) is 10.0. The van der Waals surface area contributed by atoms with Crippen LogP contribution < -0.4 is 0 Å². The zero-order chi connectivity index (χ0) is 9.03. The summed E-state index contributed by atoms with van der Waals surface area (Å²) >= 11 is 0. The highest BCUT2D eigenvalue weighted by Gasteiger charge is 2.37. The van der Waals surface area contributed by atoms with Gasteiger partial charge in [-0.1, -0.05) is 19.3 Å². The number of ether oxygens (including phenoxy) is 1. The highest BCUT2D eigenvalue weighted by atomic mass is 16.5. The molecule has 1 aliphatic rings. The van der Waals surface area contributed by atoms with Crippen LogP contribution in [0.2, 0.25) is 0 Å². The molecular formula is C10H20O2. The van der Waals surface area contributed by atoms with E-state index in [0.717, 1.165) is 12.8 Å². The molecule has 2 nitrogen and oxygen atoms in total. The van der Waals surface area contributed by atoms with Crippen LogP contribution in [0.1, 0.15) is 46.0 Å². The van der Waals surface area contributed by atoms with Crippen LogP contribution >= 0.6 is 0 Å². The molecule has 0 radical (unpaired) electrons. The van der Waals surface area contributed by atoms with Crippen LogP contribution in [-0.4, -0.2) is 23.4 Å². The van der Waals surface area contributed by atoms with Crippen molar-refractivity contribution in [2.24, 2.45) is 0 Å². The standard InChI is InChI=1S/C10H20O2/c1-3-12-10(9(2)11)7-5-4-6-8-10/h9,11H,3-8H2,1-2H3. The van der Waals surface area contributed by atoms with Crippen LogP contribution in [0.3, 0.4) is 0 Å². The van der Waals surface area contributed by atoms with Gasteiger partial charge in [0.25, 0.3) is 0 Å². The zero-order valence-electron chi connectivity index (χ0n) is 8.18. The van der Waals surface area contributed by atoms with Gasteiger partial charge in [-0.15, -0.1) is 0 Å². The minimum absolute atomic E-state index is 0.215. The molecule has 0 aromatic heterocycles. The SMILES string of the molecule is CCOC1(C(C)O)CCCCC1. The predicted molar refractivity (Wildman–Crippen MR) is 49.1 cm³/mol. The Morgan fingerprint density at radius 2 is 1.92 bits per heavy atom. The third-order valence-electron chi connectivity index (χ3n) is 2.89. The first-order chi connectivity index (χ1) is 5.71. The summed E-state index contributed by atoms with van der Waals surface area (Å²) in [5.74, 6) is 0. The van der Waals surface area contributed by atoms with Gasteiger partial charge in [0, 0.05) is 6.61 Å². The highest BCUT2D eigenvalue weighted by Crippen LogP contribution is 2.34. The normalized spacial score (nSPS) is 25.2. The molecule has 1 aliphatic carbocycles. The van der Waals surface area contributed by atoms with Crippen LogP contribution in [-0.2, 0) is 4.74 Å². The second-order valence-electron chi connectivity index (χ2n) is 3.73. The van der Waals surface area contributed by atoms with Crippen molar-refractivity contribution in [3.05, 3.63) is 0 Å². The minimum Gasteiger partial charge on any atom is -0.390 e. The third-order valence-corrected chi connectivity index (χ3v) is 2.89. The molecule has 0 spiro atoms. The molecule has 1 atom stereocenters. The lowest BCUT2D eigenvalue weighted by molar-refractivity contribution is -0.132. The molecule has 0 bridgehead atoms. The summed E-state index contributed by atoms with van der Waals surface area (Å²) in [6.07, 6.45) is 5.42. The summed E-state index contributed by atoms with van der Waals surface area (Å²) < 4.78 is 5.68. The number of aliphatic hydroxyl groups is 1. The summed E-state index contributed by atoms with van der Waals surface area (Å²) in [4.78, 5) is 0. The molecule has 1 fully saturated rings. The van der Waals surface area contributed by atoms with Crippen LogP contribution in [0.4, 0.5) is 0 Å². The third kappa shape index (κ3) is 1.99. The van der Waals surface area contributed by atoms with Gasteiger partial charge in [0.1, 0.15) is 0 Å². The molecule has 0 aromatic rings. The van der Waals surface area contributed by atoms with Gasteiger partial charge in [-0.05, 0) is 26.7 Å². The van der Waals surface area contributed by atoms with Crippen molar-refractivity contribution in [2.45, 2.75) is 57.7 Å². The summed E-state index contributed by atoms with van der Waals surface area (Å²) in [5, 5.41) is 9.63. The van der Waals surface area contributed by atoms with Gasteiger partial charge >= 0.3 is 0 Å². The summed E-state index contributed by atoms with van der Waals surface area (Å²) in [7, 11) is 0. The fourth-order valence-electron chi connectivity index (χ4n) is 2.12. The molecule has 0 heterocycles. The second kappa shape index (κ2) is 4.24. The molecule has 2 heteroatoms. The van der Waals surface area contributed by atoms with E-state index in [9.17, 15) is 5.11 Å². The van der Waals surface area contributed by atoms with E-state index in [2.05, 4.69) is 0 Å². The molecule has 0 aliphatic heterocycles. The van der Waals surface area contributed by atoms with Crippen molar-refractivity contribution in [1.29, 1.82) is 0 Å². The molecule has 72 valence electrons. The summed E-state index contributed by atoms with van der Waals surface area (Å²) in [5.41, 5.74) is -0.215. The maximum Gasteiger partial charge on any atom is 0.0937 e. The first-order valence-electron chi connectivity index (χ1n) is 5.03. The maximum atomic E-state index is 9.63. The van der Waals surface area contributed by atoms with Gasteiger partial charge in [-0.2, -0.15) is 0 Å². The minimum atomic E-state index is -0.322. The Balaban J connectivity index is 2.56. The quantitative estimate of drug-likeness (QED) is 0.706. The number of aliphatic hydroxyl groups excluding tert-OH is 1. The van der Waals surface area contributed by atoms with Crippen LogP contribution in [0.15, 0.2) is 0 Å². The molecule has 1 unspecified atom stereocenters. The average molecular weight is 172 g/mol. The number of hydrogen-bond donors (Lipinski definition) is 1. The monoisotopic (exact) mass is 172 g/mol. The fraction of sp³-hybridized carbons (Fsp3) is 1.00. The van der Waals surface area contributed by atoms with E-state index in [1.54, 1.807) is 0 Å². The highest BCUT2D eigenvalue weighted by molar-refractivity contribution is 4.88. The van der Waals surface area contributed by atoms with E-state index >= 15 is 0 Å². The van der Waals surface area contributed by atoms with Crippen molar-refractivity contribution in [3.63, 3.8) is 0 Å². The van der Waals surface area contributed by atoms with Crippen LogP contribution in [0.5, 0.6) is 0 Å². The lowest BCUT2D eigenvalue weighted by Crippen LogP contribution is -2.45. The van der Waals surface area contributed by atoms with E-state index in [0.29, 0.717) is 6.61 Å². The summed E-state index contributed by atoms with van der Waals surface area (Å²) in [6, 6.07) is 0. The first-order valence-corrected chi connectivity index (χ1v) is 5.03. The zero-order valence-corrected chi connectivity index (χ0v) is 8.18. The Hall–Kier alpha value is -0.0800. The van der Waals surface area contributed by atoms with E-state index in [1.807, 2.05) is 13.8 Å². The van der Waals surface area contributed by atoms with Crippen molar-refractivity contribution >= 4 is 0 Å². The lowest BCUT2D eigenvalue weighted by Gasteiger charge is -2.39. The van der Waals surface area contributed by atoms with Gasteiger partial charge in [0.05, 0.1) is 11.7 Å². The molecule has 1 saturated carbocycles. The average Bonchev–Trinajstić information content (AvgIpc) is 2.06. The summed E-state index contributed by atoms with van der Waals surface area (Å²) in [6.45, 7) is 4.56. The van der Waals surface area contributed by atoms with E-state index < -0.39 is 0 Å². The van der Waals surface area contributed by atoms with Gasteiger partial charge in [0.2, 0.25) is 0 Å². The molecule has 1 N–H and O–H groups in total. The van der Waals surface area contributed by atoms with Crippen molar-refractivity contribution in [3.8, 4) is 0 Å². The van der Waals surface area contributed by atoms with Crippen molar-refractivity contribution in [1.82, 2.24) is 0 Å². The van der Waals surface area contributed by atoms with E-state index in [-0.39, 0.29) is 11.7 Å². The van der Waals surface area contributed by atoms with Gasteiger partial charge < -0.3 is 9.84 Å².